The fourth-order valence-corrected chi connectivity index (χ4v) is 3.44. The van der Waals surface area contributed by atoms with Crippen molar-refractivity contribution < 1.29 is 9.32 Å². The van der Waals surface area contributed by atoms with Crippen molar-refractivity contribution in [3.63, 3.8) is 0 Å². The van der Waals surface area contributed by atoms with E-state index < -0.39 is 15.3 Å². The normalized spacial score (nSPS) is 20.9. The Morgan fingerprint density at radius 3 is 2.56 bits per heavy atom. The molecule has 2 unspecified atom stereocenters. The third kappa shape index (κ3) is 6.24. The smallest absolute Gasteiger partial charge is 0.224 e. The number of rotatable bonds is 6. The molecule has 27 heavy (non-hydrogen) atoms. The Bertz CT molecular complexity index is 855. The first-order valence-corrected chi connectivity index (χ1v) is 11.1. The van der Waals surface area contributed by atoms with Crippen LogP contribution in [0, 0.1) is 4.78 Å². The quantitative estimate of drug-likeness (QED) is 0.527. The zero-order valence-corrected chi connectivity index (χ0v) is 18.3. The lowest BCUT2D eigenvalue weighted by Gasteiger charge is -2.28. The molecule has 0 bridgehead atoms. The summed E-state index contributed by atoms with van der Waals surface area (Å²) < 4.78 is 20.7. The average Bonchev–Trinajstić information content (AvgIpc) is 2.75. The predicted molar refractivity (Wildman–Crippen MR) is 115 cm³/mol. The molecule has 3 atom stereocenters. The molecule has 0 aromatic heterocycles. The SMILES string of the molecule is CCS(=N)(=O)c1ccc(NC2=NC(N[C@H](C)C(C)(C)O)C=C(Br)C=N2)cc1. The third-order valence-electron chi connectivity index (χ3n) is 4.27. The number of nitrogens with one attached hydrogen (secondary N) is 3. The summed E-state index contributed by atoms with van der Waals surface area (Å²) in [7, 11) is -2.73. The van der Waals surface area contributed by atoms with Crippen molar-refractivity contribution in [2.24, 2.45) is 9.98 Å². The first-order valence-electron chi connectivity index (χ1n) is 8.62. The van der Waals surface area contributed by atoms with Crippen molar-refractivity contribution in [2.75, 3.05) is 11.1 Å². The molecule has 148 valence electrons. The topological polar surface area (TPSA) is 110 Å². The molecule has 4 N–H and O–H groups in total. The highest BCUT2D eigenvalue weighted by molar-refractivity contribution is 9.12. The van der Waals surface area contributed by atoms with Gasteiger partial charge in [0.15, 0.2) is 0 Å². The Kier molecular flexibility index (Phi) is 6.96. The van der Waals surface area contributed by atoms with E-state index in [0.717, 1.165) is 10.2 Å². The second kappa shape index (κ2) is 8.64. The van der Waals surface area contributed by atoms with Gasteiger partial charge < -0.3 is 10.4 Å². The van der Waals surface area contributed by atoms with Gasteiger partial charge in [0.25, 0.3) is 0 Å². The third-order valence-corrected chi connectivity index (χ3v) is 6.58. The summed E-state index contributed by atoms with van der Waals surface area (Å²) in [5, 5.41) is 16.5. The molecule has 0 saturated carbocycles. The van der Waals surface area contributed by atoms with E-state index in [1.165, 1.54) is 0 Å². The molecule has 7 nitrogen and oxygen atoms in total. The van der Waals surface area contributed by atoms with Crippen molar-refractivity contribution in [3.05, 3.63) is 34.8 Å². The van der Waals surface area contributed by atoms with Gasteiger partial charge in [-0.2, -0.15) is 0 Å². The van der Waals surface area contributed by atoms with Gasteiger partial charge in [-0.3, -0.25) is 5.32 Å². The number of allylic oxidation sites excluding steroid dienone is 1. The van der Waals surface area contributed by atoms with Gasteiger partial charge in [0.1, 0.15) is 6.17 Å². The minimum Gasteiger partial charge on any atom is -0.389 e. The number of benzene rings is 1. The molecule has 2 rings (SSSR count). The highest BCUT2D eigenvalue weighted by atomic mass is 79.9. The van der Waals surface area contributed by atoms with Crippen molar-refractivity contribution in [3.8, 4) is 0 Å². The monoisotopic (exact) mass is 455 g/mol. The fraction of sp³-hybridized carbons (Fsp3) is 0.444. The maximum atomic E-state index is 12.1. The van der Waals surface area contributed by atoms with Crippen molar-refractivity contribution in [2.45, 2.75) is 50.4 Å². The zero-order valence-electron chi connectivity index (χ0n) is 15.9. The van der Waals surface area contributed by atoms with Crippen LogP contribution in [0.3, 0.4) is 0 Å². The lowest BCUT2D eigenvalue weighted by atomic mass is 10.0. The van der Waals surface area contributed by atoms with E-state index >= 15 is 0 Å². The van der Waals surface area contributed by atoms with Crippen LogP contribution in [0.2, 0.25) is 0 Å². The number of aliphatic hydroxyl groups is 1. The summed E-state index contributed by atoms with van der Waals surface area (Å²) in [5.74, 6) is 0.680. The highest BCUT2D eigenvalue weighted by Gasteiger charge is 2.24. The number of anilines is 1. The predicted octanol–water partition coefficient (Wildman–Crippen LogP) is 3.32. The second-order valence-corrected chi connectivity index (χ2v) is 10.2. The number of guanidine groups is 1. The molecule has 0 spiro atoms. The van der Waals surface area contributed by atoms with Gasteiger partial charge in [-0.1, -0.05) is 6.92 Å². The van der Waals surface area contributed by atoms with Crippen molar-refractivity contribution in [1.82, 2.24) is 5.32 Å². The van der Waals surface area contributed by atoms with E-state index in [0.29, 0.717) is 10.9 Å². The van der Waals surface area contributed by atoms with Gasteiger partial charge >= 0.3 is 0 Å². The number of hydrogen-bond donors (Lipinski definition) is 4. The van der Waals surface area contributed by atoms with E-state index in [2.05, 4.69) is 36.5 Å². The number of hydrogen-bond acceptors (Lipinski definition) is 7. The van der Waals surface area contributed by atoms with Crippen LogP contribution >= 0.6 is 15.9 Å². The standard InChI is InChI=1S/C18H26BrN5O2S/c1-5-27(20,26)15-8-6-14(7-9-15)23-17-21-11-13(19)10-16(24-17)22-12(2)18(3,4)25/h6-12,16,20,22,25H,5H2,1-4H3,(H,23,24)/t12-,16?,27?/m1/s1. The molecular weight excluding hydrogens is 430 g/mol. The molecule has 0 saturated heterocycles. The van der Waals surface area contributed by atoms with Crippen molar-refractivity contribution >= 4 is 43.5 Å². The van der Waals surface area contributed by atoms with Crippen LogP contribution in [0.4, 0.5) is 5.69 Å². The van der Waals surface area contributed by atoms with Gasteiger partial charge in [-0.25, -0.2) is 19.0 Å². The zero-order chi connectivity index (χ0) is 20.2. The van der Waals surface area contributed by atoms with Crippen LogP contribution in [0.1, 0.15) is 27.7 Å². The van der Waals surface area contributed by atoms with Gasteiger partial charge in [0.2, 0.25) is 5.96 Å². The van der Waals surface area contributed by atoms with Crippen LogP contribution < -0.4 is 10.6 Å². The molecular formula is C18H26BrN5O2S. The maximum absolute atomic E-state index is 12.1. The Labute approximate surface area is 169 Å². The van der Waals surface area contributed by atoms with E-state index in [-0.39, 0.29) is 18.0 Å². The lowest BCUT2D eigenvalue weighted by Crippen LogP contribution is -2.48. The van der Waals surface area contributed by atoms with E-state index in [9.17, 15) is 9.32 Å². The van der Waals surface area contributed by atoms with Crippen LogP contribution in [0.5, 0.6) is 0 Å². The Balaban J connectivity index is 2.18. The summed E-state index contributed by atoms with van der Waals surface area (Å²) in [6.45, 7) is 7.10. The van der Waals surface area contributed by atoms with Crippen molar-refractivity contribution in [1.29, 1.82) is 4.78 Å². The molecule has 9 heteroatoms. The molecule has 1 aliphatic rings. The highest BCUT2D eigenvalue weighted by Crippen LogP contribution is 2.17. The number of halogens is 1. The van der Waals surface area contributed by atoms with Crippen LogP contribution in [-0.4, -0.2) is 45.1 Å². The lowest BCUT2D eigenvalue weighted by molar-refractivity contribution is 0.0421. The molecule has 0 aliphatic carbocycles. The first kappa shape index (κ1) is 21.7. The fourth-order valence-electron chi connectivity index (χ4n) is 2.18. The Hall–Kier alpha value is -1.55. The molecule has 1 heterocycles. The van der Waals surface area contributed by atoms with Crippen LogP contribution in [0.25, 0.3) is 0 Å². The summed E-state index contributed by atoms with van der Waals surface area (Å²) in [6.07, 6.45) is 3.13. The minimum absolute atomic E-state index is 0.194. The average molecular weight is 456 g/mol. The molecule has 1 aromatic rings. The number of aliphatic imine (C=N–C) groups is 2. The molecule has 0 radical (unpaired) electrons. The summed E-state index contributed by atoms with van der Waals surface area (Å²) in [6, 6.07) is 6.68. The number of nitrogens with zero attached hydrogens (tertiary/aromatic N) is 2. The van der Waals surface area contributed by atoms with Crippen LogP contribution in [-0.2, 0) is 9.73 Å². The van der Waals surface area contributed by atoms with E-state index in [4.69, 9.17) is 4.78 Å². The van der Waals surface area contributed by atoms with Gasteiger partial charge in [0, 0.05) is 33.1 Å². The van der Waals surface area contributed by atoms with Crippen LogP contribution in [0.15, 0.2) is 49.7 Å². The Morgan fingerprint density at radius 1 is 1.37 bits per heavy atom. The van der Waals surface area contributed by atoms with E-state index in [1.54, 1.807) is 51.3 Å². The summed E-state index contributed by atoms with van der Waals surface area (Å²) in [4.78, 5) is 9.36. The van der Waals surface area contributed by atoms with E-state index in [1.807, 2.05) is 13.0 Å². The molecule has 0 amide bonds. The first-order chi connectivity index (χ1) is 12.5. The van der Waals surface area contributed by atoms with Gasteiger partial charge in [-0.05, 0) is 67.0 Å². The second-order valence-electron chi connectivity index (χ2n) is 6.86. The van der Waals surface area contributed by atoms with Gasteiger partial charge in [0.05, 0.1) is 15.3 Å². The minimum atomic E-state index is -2.73. The molecule has 0 fully saturated rings. The summed E-state index contributed by atoms with van der Waals surface area (Å²) >= 11 is 3.43. The maximum Gasteiger partial charge on any atom is 0.224 e. The largest absolute Gasteiger partial charge is 0.389 e. The van der Waals surface area contributed by atoms with Gasteiger partial charge in [-0.15, -0.1) is 0 Å². The molecule has 1 aromatic carbocycles. The molecule has 1 aliphatic heterocycles. The summed E-state index contributed by atoms with van der Waals surface area (Å²) in [5.41, 5.74) is -0.164. The Morgan fingerprint density at radius 2 is 2.00 bits per heavy atom.